The van der Waals surface area contributed by atoms with Crippen LogP contribution in [0.15, 0.2) is 0 Å². The Balaban J connectivity index is 2.21. The van der Waals surface area contributed by atoms with Crippen LogP contribution in [0.25, 0.3) is 0 Å². The van der Waals surface area contributed by atoms with Crippen molar-refractivity contribution in [1.29, 1.82) is 0 Å². The molecule has 1 rings (SSSR count). The Labute approximate surface area is 110 Å². The molecule has 0 aromatic rings. The second-order valence-corrected chi connectivity index (χ2v) is 5.00. The third-order valence-electron chi connectivity index (χ3n) is 3.72. The molecule has 3 N–H and O–H groups in total. The molecule has 1 aliphatic heterocycles. The number of nitrogens with zero attached hydrogens (tertiary/aromatic N) is 1. The molecule has 1 saturated heterocycles. The summed E-state index contributed by atoms with van der Waals surface area (Å²) >= 11 is 0. The van der Waals surface area contributed by atoms with Crippen molar-refractivity contribution in [2.45, 2.75) is 32.2 Å². The van der Waals surface area contributed by atoms with E-state index >= 15 is 0 Å². The van der Waals surface area contributed by atoms with Gasteiger partial charge in [0.2, 0.25) is 5.91 Å². The Kier molecular flexibility index (Phi) is 7.23. The van der Waals surface area contributed by atoms with Crippen LogP contribution in [-0.4, -0.2) is 56.7 Å². The van der Waals surface area contributed by atoms with Crippen molar-refractivity contribution >= 4 is 5.91 Å². The van der Waals surface area contributed by atoms with Gasteiger partial charge in [-0.3, -0.25) is 9.69 Å². The van der Waals surface area contributed by atoms with Crippen molar-refractivity contribution < 1.29 is 9.53 Å². The third-order valence-corrected chi connectivity index (χ3v) is 3.72. The highest BCUT2D eigenvalue weighted by Crippen LogP contribution is 2.19. The van der Waals surface area contributed by atoms with E-state index < -0.39 is 0 Å². The van der Waals surface area contributed by atoms with E-state index in [-0.39, 0.29) is 11.9 Å². The second-order valence-electron chi connectivity index (χ2n) is 5.00. The number of nitrogens with two attached hydrogens (primary N) is 1. The summed E-state index contributed by atoms with van der Waals surface area (Å²) in [6.45, 7) is 6.71. The monoisotopic (exact) mass is 257 g/mol. The number of hydrogen-bond acceptors (Lipinski definition) is 4. The second kappa shape index (κ2) is 8.45. The van der Waals surface area contributed by atoms with E-state index in [4.69, 9.17) is 10.5 Å². The van der Waals surface area contributed by atoms with E-state index in [1.54, 1.807) is 7.11 Å². The lowest BCUT2D eigenvalue weighted by Gasteiger charge is -2.35. The first-order valence-corrected chi connectivity index (χ1v) is 6.92. The number of methoxy groups -OCH3 is 1. The number of primary amides is 1. The number of carbonyl (C=O) groups excluding carboxylic acids is 1. The normalized spacial score (nSPS) is 19.9. The van der Waals surface area contributed by atoms with Crippen molar-refractivity contribution in [3.8, 4) is 0 Å². The molecule has 5 heteroatoms. The molecule has 1 fully saturated rings. The van der Waals surface area contributed by atoms with Crippen LogP contribution in [0.2, 0.25) is 0 Å². The number of amides is 1. The first-order valence-electron chi connectivity index (χ1n) is 6.92. The van der Waals surface area contributed by atoms with Gasteiger partial charge in [-0.2, -0.15) is 0 Å². The van der Waals surface area contributed by atoms with Gasteiger partial charge in [0.1, 0.15) is 0 Å². The smallest absolute Gasteiger partial charge is 0.234 e. The molecule has 0 bridgehead atoms. The van der Waals surface area contributed by atoms with Crippen molar-refractivity contribution in [1.82, 2.24) is 10.2 Å². The first kappa shape index (κ1) is 15.4. The minimum Gasteiger partial charge on any atom is -0.383 e. The van der Waals surface area contributed by atoms with E-state index in [2.05, 4.69) is 10.2 Å². The molecular weight excluding hydrogens is 230 g/mol. The van der Waals surface area contributed by atoms with Gasteiger partial charge in [-0.25, -0.2) is 0 Å². The zero-order chi connectivity index (χ0) is 13.4. The number of ether oxygens (including phenoxy) is 1. The molecule has 0 aromatic carbocycles. The third kappa shape index (κ3) is 4.92. The Bertz CT molecular complexity index is 240. The Morgan fingerprint density at radius 3 is 2.67 bits per heavy atom. The van der Waals surface area contributed by atoms with E-state index in [9.17, 15) is 4.79 Å². The van der Waals surface area contributed by atoms with Crippen LogP contribution in [0, 0.1) is 5.92 Å². The number of hydrogen-bond donors (Lipinski definition) is 2. The van der Waals surface area contributed by atoms with Gasteiger partial charge >= 0.3 is 0 Å². The summed E-state index contributed by atoms with van der Waals surface area (Å²) < 4.78 is 5.00. The number of nitrogens with one attached hydrogen (secondary N) is 1. The molecule has 0 aromatic heterocycles. The van der Waals surface area contributed by atoms with Crippen molar-refractivity contribution in [2.24, 2.45) is 11.7 Å². The lowest BCUT2D eigenvalue weighted by molar-refractivity contribution is -0.123. The van der Waals surface area contributed by atoms with E-state index in [1.165, 1.54) is 0 Å². The zero-order valence-corrected chi connectivity index (χ0v) is 11.7. The summed E-state index contributed by atoms with van der Waals surface area (Å²) in [6.07, 6.45) is 3.10. The maximum atomic E-state index is 11.3. The lowest BCUT2D eigenvalue weighted by Crippen LogP contribution is -2.48. The fourth-order valence-corrected chi connectivity index (χ4v) is 2.59. The molecule has 1 amide bonds. The first-order chi connectivity index (χ1) is 8.69. The van der Waals surface area contributed by atoms with Gasteiger partial charge in [0.05, 0.1) is 12.6 Å². The summed E-state index contributed by atoms with van der Waals surface area (Å²) in [5.41, 5.74) is 5.42. The molecule has 0 saturated carbocycles. The Hall–Kier alpha value is -0.650. The summed E-state index contributed by atoms with van der Waals surface area (Å²) in [5, 5.41) is 3.40. The molecular formula is C13H27N3O2. The molecule has 106 valence electrons. The maximum absolute atomic E-state index is 11.3. The van der Waals surface area contributed by atoms with Gasteiger partial charge in [0.15, 0.2) is 0 Å². The highest BCUT2D eigenvalue weighted by atomic mass is 16.5. The number of likely N-dealkylation sites (tertiary alicyclic amines) is 1. The van der Waals surface area contributed by atoms with Crippen LogP contribution in [0.4, 0.5) is 0 Å². The molecule has 1 atom stereocenters. The number of rotatable bonds is 8. The summed E-state index contributed by atoms with van der Waals surface area (Å²) in [4.78, 5) is 13.5. The SMILES string of the molecule is CCC(C(N)=O)N1CCC(CNCCOC)CC1. The van der Waals surface area contributed by atoms with Gasteiger partial charge < -0.3 is 15.8 Å². The topological polar surface area (TPSA) is 67.6 Å². The largest absolute Gasteiger partial charge is 0.383 e. The fourth-order valence-electron chi connectivity index (χ4n) is 2.59. The average Bonchev–Trinajstić information content (AvgIpc) is 2.37. The molecule has 0 radical (unpaired) electrons. The lowest BCUT2D eigenvalue weighted by atomic mass is 9.95. The van der Waals surface area contributed by atoms with Crippen LogP contribution >= 0.6 is 0 Å². The number of carbonyl (C=O) groups is 1. The minimum atomic E-state index is -0.186. The predicted octanol–water partition coefficient (Wildman–Crippen LogP) is 0.198. The van der Waals surface area contributed by atoms with E-state index in [0.29, 0.717) is 5.92 Å². The quantitative estimate of drug-likeness (QED) is 0.610. The van der Waals surface area contributed by atoms with Crippen LogP contribution in [0.5, 0.6) is 0 Å². The fraction of sp³-hybridized carbons (Fsp3) is 0.923. The molecule has 5 nitrogen and oxygen atoms in total. The van der Waals surface area contributed by atoms with E-state index in [0.717, 1.165) is 52.0 Å². The average molecular weight is 257 g/mol. The van der Waals surface area contributed by atoms with Gasteiger partial charge in [-0.15, -0.1) is 0 Å². The van der Waals surface area contributed by atoms with Crippen molar-refractivity contribution in [3.63, 3.8) is 0 Å². The van der Waals surface area contributed by atoms with Gasteiger partial charge in [-0.05, 0) is 44.8 Å². The van der Waals surface area contributed by atoms with Crippen LogP contribution in [-0.2, 0) is 9.53 Å². The summed E-state index contributed by atoms with van der Waals surface area (Å²) in [5.74, 6) is 0.526. The minimum absolute atomic E-state index is 0.0765. The molecule has 18 heavy (non-hydrogen) atoms. The van der Waals surface area contributed by atoms with Gasteiger partial charge in [0.25, 0.3) is 0 Å². The number of piperidine rings is 1. The van der Waals surface area contributed by atoms with Gasteiger partial charge in [0, 0.05) is 13.7 Å². The summed E-state index contributed by atoms with van der Waals surface area (Å²) in [7, 11) is 1.72. The maximum Gasteiger partial charge on any atom is 0.234 e. The van der Waals surface area contributed by atoms with E-state index in [1.807, 2.05) is 6.92 Å². The summed E-state index contributed by atoms with van der Waals surface area (Å²) in [6, 6.07) is -0.0765. The van der Waals surface area contributed by atoms with Crippen molar-refractivity contribution in [2.75, 3.05) is 39.9 Å². The molecule has 0 aliphatic carbocycles. The van der Waals surface area contributed by atoms with Crippen LogP contribution in [0.1, 0.15) is 26.2 Å². The predicted molar refractivity (Wildman–Crippen MR) is 72.3 cm³/mol. The highest BCUT2D eigenvalue weighted by Gasteiger charge is 2.26. The Morgan fingerprint density at radius 1 is 1.50 bits per heavy atom. The standard InChI is InChI=1S/C13H27N3O2/c1-3-12(13(14)17)16-7-4-11(5-8-16)10-15-6-9-18-2/h11-12,15H,3-10H2,1-2H3,(H2,14,17). The van der Waals surface area contributed by atoms with Crippen LogP contribution < -0.4 is 11.1 Å². The van der Waals surface area contributed by atoms with Crippen molar-refractivity contribution in [3.05, 3.63) is 0 Å². The zero-order valence-electron chi connectivity index (χ0n) is 11.7. The Morgan fingerprint density at radius 2 is 2.17 bits per heavy atom. The van der Waals surface area contributed by atoms with Crippen LogP contribution in [0.3, 0.4) is 0 Å². The van der Waals surface area contributed by atoms with Gasteiger partial charge in [-0.1, -0.05) is 6.92 Å². The molecule has 1 unspecified atom stereocenters. The molecule has 1 aliphatic rings. The molecule has 0 spiro atoms. The molecule has 1 heterocycles. The highest BCUT2D eigenvalue weighted by molar-refractivity contribution is 5.79.